The molecule has 30 heavy (non-hydrogen) atoms. The lowest BCUT2D eigenvalue weighted by molar-refractivity contribution is -0.133. The first kappa shape index (κ1) is 19.9. The van der Waals surface area contributed by atoms with Gasteiger partial charge in [0.25, 0.3) is 5.91 Å². The van der Waals surface area contributed by atoms with Crippen LogP contribution in [0, 0.1) is 6.92 Å². The summed E-state index contributed by atoms with van der Waals surface area (Å²) in [7, 11) is 0. The van der Waals surface area contributed by atoms with E-state index in [0.717, 1.165) is 29.2 Å². The molecular formula is C23H26N4O3. The molecule has 2 aliphatic rings. The second kappa shape index (κ2) is 7.82. The summed E-state index contributed by atoms with van der Waals surface area (Å²) in [6.45, 7) is 5.37. The van der Waals surface area contributed by atoms with E-state index in [0.29, 0.717) is 11.3 Å². The quantitative estimate of drug-likeness (QED) is 0.748. The van der Waals surface area contributed by atoms with Crippen molar-refractivity contribution < 1.29 is 14.4 Å². The highest BCUT2D eigenvalue weighted by molar-refractivity contribution is 6.10. The van der Waals surface area contributed by atoms with E-state index in [9.17, 15) is 14.4 Å². The van der Waals surface area contributed by atoms with E-state index in [-0.39, 0.29) is 6.54 Å². The van der Waals surface area contributed by atoms with Gasteiger partial charge in [-0.2, -0.15) is 0 Å². The Kier molecular flexibility index (Phi) is 5.20. The number of hydrogen-bond acceptors (Lipinski definition) is 4. The van der Waals surface area contributed by atoms with E-state index in [4.69, 9.17) is 0 Å². The lowest BCUT2D eigenvalue weighted by atomic mass is 9.92. The molecule has 0 aromatic heterocycles. The highest BCUT2D eigenvalue weighted by atomic mass is 16.2. The predicted octanol–water partition coefficient (Wildman–Crippen LogP) is 3.00. The molecule has 156 valence electrons. The summed E-state index contributed by atoms with van der Waals surface area (Å²) in [5.41, 5.74) is 2.28. The molecule has 2 aromatic rings. The lowest BCUT2D eigenvalue weighted by Gasteiger charge is -2.22. The van der Waals surface area contributed by atoms with Crippen LogP contribution in [0.15, 0.2) is 48.5 Å². The van der Waals surface area contributed by atoms with Crippen molar-refractivity contribution in [1.29, 1.82) is 0 Å². The Morgan fingerprint density at radius 1 is 1.10 bits per heavy atom. The molecule has 2 heterocycles. The number of hydrogen-bond donors (Lipinski definition) is 2. The SMILES string of the molecule is Cc1cc(N2CCCC2)ccc1NC(=O)CN1C(=O)N[C@](C)(c2ccccc2)C1=O. The molecular weight excluding hydrogens is 380 g/mol. The maximum atomic E-state index is 12.9. The fraction of sp³-hybridized carbons (Fsp3) is 0.348. The van der Waals surface area contributed by atoms with Crippen LogP contribution in [0.25, 0.3) is 0 Å². The zero-order valence-electron chi connectivity index (χ0n) is 17.3. The minimum atomic E-state index is -1.17. The summed E-state index contributed by atoms with van der Waals surface area (Å²) in [6.07, 6.45) is 2.40. The van der Waals surface area contributed by atoms with Gasteiger partial charge < -0.3 is 15.5 Å². The number of nitrogens with one attached hydrogen (secondary N) is 2. The second-order valence-electron chi connectivity index (χ2n) is 8.05. The van der Waals surface area contributed by atoms with Crippen molar-refractivity contribution >= 4 is 29.2 Å². The molecule has 0 bridgehead atoms. The molecule has 2 fully saturated rings. The van der Waals surface area contributed by atoms with E-state index in [1.165, 1.54) is 12.8 Å². The Hall–Kier alpha value is -3.35. The average molecular weight is 406 g/mol. The Bertz CT molecular complexity index is 985. The number of carbonyl (C=O) groups excluding carboxylic acids is 3. The van der Waals surface area contributed by atoms with Crippen LogP contribution in [0.4, 0.5) is 16.2 Å². The number of carbonyl (C=O) groups is 3. The van der Waals surface area contributed by atoms with Gasteiger partial charge in [-0.05, 0) is 56.0 Å². The van der Waals surface area contributed by atoms with Crippen LogP contribution in [0.1, 0.15) is 30.9 Å². The molecule has 2 aliphatic heterocycles. The molecule has 7 nitrogen and oxygen atoms in total. The fourth-order valence-electron chi connectivity index (χ4n) is 4.10. The van der Waals surface area contributed by atoms with Gasteiger partial charge in [0.05, 0.1) is 0 Å². The van der Waals surface area contributed by atoms with Crippen LogP contribution >= 0.6 is 0 Å². The van der Waals surface area contributed by atoms with Crippen molar-refractivity contribution in [2.75, 3.05) is 29.9 Å². The molecule has 4 rings (SSSR count). The Morgan fingerprint density at radius 2 is 1.80 bits per heavy atom. The van der Waals surface area contributed by atoms with E-state index >= 15 is 0 Å². The number of aryl methyl sites for hydroxylation is 1. The molecule has 0 unspecified atom stereocenters. The van der Waals surface area contributed by atoms with Gasteiger partial charge in [0.2, 0.25) is 5.91 Å². The highest BCUT2D eigenvalue weighted by Gasteiger charge is 2.49. The molecule has 0 spiro atoms. The Balaban J connectivity index is 1.44. The van der Waals surface area contributed by atoms with Gasteiger partial charge in [0.1, 0.15) is 12.1 Å². The van der Waals surface area contributed by atoms with Crippen molar-refractivity contribution in [3.8, 4) is 0 Å². The summed E-state index contributed by atoms with van der Waals surface area (Å²) in [5, 5.41) is 5.55. The smallest absolute Gasteiger partial charge is 0.325 e. The van der Waals surface area contributed by atoms with Crippen molar-refractivity contribution in [3.63, 3.8) is 0 Å². The van der Waals surface area contributed by atoms with E-state index in [2.05, 4.69) is 21.6 Å². The van der Waals surface area contributed by atoms with Gasteiger partial charge in [-0.15, -0.1) is 0 Å². The minimum Gasteiger partial charge on any atom is -0.372 e. The predicted molar refractivity (Wildman–Crippen MR) is 115 cm³/mol. The maximum Gasteiger partial charge on any atom is 0.325 e. The van der Waals surface area contributed by atoms with Crippen LogP contribution in [0.3, 0.4) is 0 Å². The van der Waals surface area contributed by atoms with Gasteiger partial charge in [0, 0.05) is 24.5 Å². The van der Waals surface area contributed by atoms with Gasteiger partial charge >= 0.3 is 6.03 Å². The summed E-state index contributed by atoms with van der Waals surface area (Å²) >= 11 is 0. The minimum absolute atomic E-state index is 0.333. The van der Waals surface area contributed by atoms with E-state index < -0.39 is 23.4 Å². The summed E-state index contributed by atoms with van der Waals surface area (Å²) in [5.74, 6) is -0.845. The normalized spacial score (nSPS) is 21.1. The van der Waals surface area contributed by atoms with Crippen LogP contribution in [-0.2, 0) is 15.1 Å². The molecule has 0 radical (unpaired) electrons. The first-order valence-corrected chi connectivity index (χ1v) is 10.2. The molecule has 2 aromatic carbocycles. The van der Waals surface area contributed by atoms with Gasteiger partial charge in [0.15, 0.2) is 0 Å². The van der Waals surface area contributed by atoms with E-state index in [1.54, 1.807) is 19.1 Å². The van der Waals surface area contributed by atoms with Crippen molar-refractivity contribution in [3.05, 3.63) is 59.7 Å². The highest BCUT2D eigenvalue weighted by Crippen LogP contribution is 2.29. The number of nitrogens with zero attached hydrogens (tertiary/aromatic N) is 2. The maximum absolute atomic E-state index is 12.9. The molecule has 2 saturated heterocycles. The van der Waals surface area contributed by atoms with Crippen molar-refractivity contribution in [2.24, 2.45) is 0 Å². The third kappa shape index (κ3) is 3.63. The topological polar surface area (TPSA) is 81.8 Å². The fourth-order valence-corrected chi connectivity index (χ4v) is 4.10. The first-order valence-electron chi connectivity index (χ1n) is 10.2. The standard InChI is InChI=1S/C23H26N4O3/c1-16-14-18(26-12-6-7-13-26)10-11-19(16)24-20(28)15-27-21(29)23(2,25-22(27)30)17-8-4-3-5-9-17/h3-5,8-11,14H,6-7,12-13,15H2,1-2H3,(H,24,28)(H,25,30)/t23-/m1/s1. The Morgan fingerprint density at radius 3 is 2.47 bits per heavy atom. The molecule has 4 amide bonds. The zero-order valence-corrected chi connectivity index (χ0v) is 17.3. The van der Waals surface area contributed by atoms with Crippen LogP contribution in [0.2, 0.25) is 0 Å². The number of amides is 4. The number of rotatable bonds is 5. The number of benzene rings is 2. The second-order valence-corrected chi connectivity index (χ2v) is 8.05. The number of imide groups is 1. The molecule has 0 aliphatic carbocycles. The summed E-state index contributed by atoms with van der Waals surface area (Å²) in [4.78, 5) is 41.3. The Labute approximate surface area is 176 Å². The van der Waals surface area contributed by atoms with Gasteiger partial charge in [-0.1, -0.05) is 30.3 Å². The molecule has 7 heteroatoms. The van der Waals surface area contributed by atoms with Crippen molar-refractivity contribution in [2.45, 2.75) is 32.2 Å². The lowest BCUT2D eigenvalue weighted by Crippen LogP contribution is -2.42. The van der Waals surface area contributed by atoms with Gasteiger partial charge in [-0.3, -0.25) is 14.5 Å². The molecule has 2 N–H and O–H groups in total. The monoisotopic (exact) mass is 406 g/mol. The zero-order chi connectivity index (χ0) is 21.3. The third-order valence-corrected chi connectivity index (χ3v) is 5.88. The third-order valence-electron chi connectivity index (χ3n) is 5.88. The molecule has 0 saturated carbocycles. The van der Waals surface area contributed by atoms with Gasteiger partial charge in [-0.25, -0.2) is 4.79 Å². The largest absolute Gasteiger partial charge is 0.372 e. The molecule has 1 atom stereocenters. The van der Waals surface area contributed by atoms with Crippen LogP contribution in [-0.4, -0.2) is 42.4 Å². The number of anilines is 2. The number of urea groups is 1. The summed E-state index contributed by atoms with van der Waals surface area (Å²) < 4.78 is 0. The summed E-state index contributed by atoms with van der Waals surface area (Å²) in [6, 6.07) is 14.4. The average Bonchev–Trinajstić information content (AvgIpc) is 3.34. The van der Waals surface area contributed by atoms with E-state index in [1.807, 2.05) is 37.3 Å². The van der Waals surface area contributed by atoms with Crippen LogP contribution < -0.4 is 15.5 Å². The van der Waals surface area contributed by atoms with Crippen LogP contribution in [0.5, 0.6) is 0 Å². The van der Waals surface area contributed by atoms with Crippen molar-refractivity contribution in [1.82, 2.24) is 10.2 Å². The first-order chi connectivity index (χ1) is 14.4.